The van der Waals surface area contributed by atoms with Crippen LogP contribution in [0.3, 0.4) is 0 Å². The number of hydrogen-bond donors (Lipinski definition) is 2. The van der Waals surface area contributed by atoms with Gasteiger partial charge in [0.15, 0.2) is 5.76 Å². The van der Waals surface area contributed by atoms with E-state index in [2.05, 4.69) is 10.6 Å². The van der Waals surface area contributed by atoms with Crippen LogP contribution in [0.5, 0.6) is 0 Å². The number of rotatable bonds is 3. The molecule has 6 heteroatoms. The average molecular weight is 299 g/mol. The van der Waals surface area contributed by atoms with Gasteiger partial charge in [-0.2, -0.15) is 0 Å². The Hall–Kier alpha value is -2.76. The summed E-state index contributed by atoms with van der Waals surface area (Å²) in [6.45, 7) is 3.02. The molecule has 0 bridgehead atoms. The van der Waals surface area contributed by atoms with Crippen molar-refractivity contribution >= 4 is 23.3 Å². The van der Waals surface area contributed by atoms with Crippen molar-refractivity contribution in [3.63, 3.8) is 0 Å². The number of nitrogens with one attached hydrogen (secondary N) is 2. The molecule has 2 aromatic rings. The van der Waals surface area contributed by atoms with Crippen LogP contribution in [0.1, 0.15) is 23.0 Å². The van der Waals surface area contributed by atoms with E-state index in [4.69, 9.17) is 4.42 Å². The largest absolute Gasteiger partial charge is 0.459 e. The zero-order chi connectivity index (χ0) is 15.5. The minimum absolute atomic E-state index is 0.168. The second kappa shape index (κ2) is 5.93. The second-order valence-corrected chi connectivity index (χ2v) is 5.01. The Morgan fingerprint density at radius 3 is 2.91 bits per heavy atom. The van der Waals surface area contributed by atoms with Crippen molar-refractivity contribution in [2.24, 2.45) is 0 Å². The molecule has 2 heterocycles. The van der Waals surface area contributed by atoms with Crippen LogP contribution in [0.15, 0.2) is 41.0 Å². The minimum atomic E-state index is -0.260. The lowest BCUT2D eigenvalue weighted by Gasteiger charge is -2.17. The van der Waals surface area contributed by atoms with Gasteiger partial charge >= 0.3 is 6.03 Å². The number of fused-ring (bicyclic) bond motifs is 1. The number of anilines is 2. The molecule has 22 heavy (non-hydrogen) atoms. The van der Waals surface area contributed by atoms with Gasteiger partial charge < -0.3 is 20.0 Å². The molecule has 1 aromatic heterocycles. The van der Waals surface area contributed by atoms with Gasteiger partial charge in [0, 0.05) is 24.5 Å². The van der Waals surface area contributed by atoms with Gasteiger partial charge in [-0.25, -0.2) is 4.79 Å². The summed E-state index contributed by atoms with van der Waals surface area (Å²) < 4.78 is 5.18. The second-order valence-electron chi connectivity index (χ2n) is 5.01. The summed E-state index contributed by atoms with van der Waals surface area (Å²) >= 11 is 0. The molecule has 6 nitrogen and oxygen atoms in total. The first kappa shape index (κ1) is 14.2. The van der Waals surface area contributed by atoms with Crippen molar-refractivity contribution in [3.8, 4) is 0 Å². The van der Waals surface area contributed by atoms with Crippen LogP contribution in [-0.4, -0.2) is 25.0 Å². The van der Waals surface area contributed by atoms with Gasteiger partial charge in [-0.3, -0.25) is 4.79 Å². The highest BCUT2D eigenvalue weighted by Gasteiger charge is 2.27. The van der Waals surface area contributed by atoms with Gasteiger partial charge in [-0.1, -0.05) is 6.07 Å². The molecule has 3 amide bonds. The van der Waals surface area contributed by atoms with Crippen LogP contribution in [0.2, 0.25) is 0 Å². The van der Waals surface area contributed by atoms with Crippen LogP contribution in [0.25, 0.3) is 0 Å². The third-order valence-electron chi connectivity index (χ3n) is 3.55. The lowest BCUT2D eigenvalue weighted by atomic mass is 10.1. The Morgan fingerprint density at radius 1 is 1.32 bits per heavy atom. The van der Waals surface area contributed by atoms with Crippen molar-refractivity contribution < 1.29 is 14.0 Å². The predicted molar refractivity (Wildman–Crippen MR) is 83.2 cm³/mol. The van der Waals surface area contributed by atoms with Crippen molar-refractivity contribution in [2.75, 3.05) is 23.3 Å². The van der Waals surface area contributed by atoms with Crippen molar-refractivity contribution in [3.05, 3.63) is 47.9 Å². The smallest absolute Gasteiger partial charge is 0.319 e. The van der Waals surface area contributed by atoms with E-state index in [1.54, 1.807) is 17.0 Å². The summed E-state index contributed by atoms with van der Waals surface area (Å²) in [7, 11) is 0. The molecule has 0 saturated carbocycles. The van der Waals surface area contributed by atoms with Gasteiger partial charge in [-0.05, 0) is 43.2 Å². The van der Waals surface area contributed by atoms with E-state index in [0.29, 0.717) is 24.5 Å². The summed E-state index contributed by atoms with van der Waals surface area (Å²) in [5.41, 5.74) is 2.56. The summed E-state index contributed by atoms with van der Waals surface area (Å²) in [4.78, 5) is 25.7. The number of nitrogens with zero attached hydrogens (tertiary/aromatic N) is 1. The maximum absolute atomic E-state index is 12.4. The molecule has 2 N–H and O–H groups in total. The van der Waals surface area contributed by atoms with Crippen LogP contribution >= 0.6 is 0 Å². The van der Waals surface area contributed by atoms with Crippen molar-refractivity contribution in [1.29, 1.82) is 0 Å². The van der Waals surface area contributed by atoms with Crippen LogP contribution < -0.4 is 15.5 Å². The van der Waals surface area contributed by atoms with E-state index >= 15 is 0 Å². The third kappa shape index (κ3) is 2.67. The Balaban J connectivity index is 1.83. The van der Waals surface area contributed by atoms with E-state index in [1.165, 1.54) is 6.26 Å². The van der Waals surface area contributed by atoms with Crippen LogP contribution in [0, 0.1) is 0 Å². The number of urea groups is 1. The summed E-state index contributed by atoms with van der Waals surface area (Å²) in [5.74, 6) is 0.147. The van der Waals surface area contributed by atoms with Gasteiger partial charge in [0.05, 0.1) is 6.26 Å². The van der Waals surface area contributed by atoms with Crippen LogP contribution in [-0.2, 0) is 6.42 Å². The van der Waals surface area contributed by atoms with E-state index in [1.807, 2.05) is 25.1 Å². The first-order valence-electron chi connectivity index (χ1n) is 7.22. The molecule has 0 aliphatic carbocycles. The Bertz CT molecular complexity index is 695. The quantitative estimate of drug-likeness (QED) is 0.915. The zero-order valence-corrected chi connectivity index (χ0v) is 12.3. The van der Waals surface area contributed by atoms with Gasteiger partial charge in [0.1, 0.15) is 0 Å². The Labute approximate surface area is 128 Å². The standard InChI is InChI=1S/C16H17N3O3/c1-2-17-16(21)18-12-6-5-11-7-8-19(13(11)10-12)15(20)14-4-3-9-22-14/h3-6,9-10H,2,7-8H2,1H3,(H2,17,18,21). The number of benzene rings is 1. The summed E-state index contributed by atoms with van der Waals surface area (Å²) in [6, 6.07) is 8.68. The topological polar surface area (TPSA) is 74.6 Å². The predicted octanol–water partition coefficient (Wildman–Crippen LogP) is 2.62. The van der Waals surface area contributed by atoms with Gasteiger partial charge in [0.25, 0.3) is 5.91 Å². The molecule has 0 unspecified atom stereocenters. The fourth-order valence-electron chi connectivity index (χ4n) is 2.54. The number of amides is 3. The number of carbonyl (C=O) groups is 2. The Kier molecular flexibility index (Phi) is 3.82. The molecule has 0 saturated heterocycles. The van der Waals surface area contributed by atoms with E-state index < -0.39 is 0 Å². The molecule has 0 spiro atoms. The lowest BCUT2D eigenvalue weighted by Crippen LogP contribution is -2.29. The third-order valence-corrected chi connectivity index (χ3v) is 3.55. The first-order valence-corrected chi connectivity index (χ1v) is 7.22. The molecule has 0 atom stereocenters. The molecular weight excluding hydrogens is 282 g/mol. The monoisotopic (exact) mass is 299 g/mol. The summed E-state index contributed by atoms with van der Waals surface area (Å²) in [6.07, 6.45) is 2.28. The molecule has 1 aromatic carbocycles. The van der Waals surface area contributed by atoms with Crippen LogP contribution in [0.4, 0.5) is 16.2 Å². The zero-order valence-electron chi connectivity index (χ0n) is 12.3. The fraction of sp³-hybridized carbons (Fsp3) is 0.250. The molecule has 1 aliphatic rings. The van der Waals surface area contributed by atoms with Gasteiger partial charge in [-0.15, -0.1) is 0 Å². The van der Waals surface area contributed by atoms with Gasteiger partial charge in [0.2, 0.25) is 0 Å². The Morgan fingerprint density at radius 2 is 2.18 bits per heavy atom. The molecule has 3 rings (SSSR count). The molecule has 1 aliphatic heterocycles. The van der Waals surface area contributed by atoms with E-state index in [-0.39, 0.29) is 11.9 Å². The highest BCUT2D eigenvalue weighted by atomic mass is 16.3. The molecule has 0 radical (unpaired) electrons. The lowest BCUT2D eigenvalue weighted by molar-refractivity contribution is 0.0963. The molecule has 114 valence electrons. The highest BCUT2D eigenvalue weighted by molar-refractivity contribution is 6.06. The van der Waals surface area contributed by atoms with E-state index in [0.717, 1.165) is 17.7 Å². The fourth-order valence-corrected chi connectivity index (χ4v) is 2.54. The molecule has 0 fully saturated rings. The first-order chi connectivity index (χ1) is 10.7. The minimum Gasteiger partial charge on any atom is -0.459 e. The van der Waals surface area contributed by atoms with Crippen molar-refractivity contribution in [2.45, 2.75) is 13.3 Å². The maximum atomic E-state index is 12.4. The highest BCUT2D eigenvalue weighted by Crippen LogP contribution is 2.32. The normalized spacial score (nSPS) is 12.9. The number of hydrogen-bond acceptors (Lipinski definition) is 3. The SMILES string of the molecule is CCNC(=O)Nc1ccc2c(c1)N(C(=O)c1ccco1)CC2. The molecular formula is C16H17N3O3. The average Bonchev–Trinajstić information content (AvgIpc) is 3.16. The maximum Gasteiger partial charge on any atom is 0.319 e. The van der Waals surface area contributed by atoms with Crippen molar-refractivity contribution in [1.82, 2.24) is 5.32 Å². The number of furan rings is 1. The summed E-state index contributed by atoms with van der Waals surface area (Å²) in [5, 5.41) is 5.43. The van der Waals surface area contributed by atoms with E-state index in [9.17, 15) is 9.59 Å². The number of carbonyl (C=O) groups excluding carboxylic acids is 2.